The van der Waals surface area contributed by atoms with Crippen molar-refractivity contribution in [1.29, 1.82) is 0 Å². The Kier molecular flexibility index (Phi) is 2.62. The van der Waals surface area contributed by atoms with E-state index in [1.165, 1.54) is 0 Å². The van der Waals surface area contributed by atoms with Gasteiger partial charge in [-0.1, -0.05) is 20.8 Å². The van der Waals surface area contributed by atoms with Gasteiger partial charge in [0.1, 0.15) is 0 Å². The number of halogens is 1. The fourth-order valence-electron chi connectivity index (χ4n) is 0.909. The van der Waals surface area contributed by atoms with Crippen molar-refractivity contribution >= 4 is 11.6 Å². The molecule has 0 aliphatic rings. The van der Waals surface area contributed by atoms with Gasteiger partial charge >= 0.3 is 0 Å². The molecule has 3 nitrogen and oxygen atoms in total. The highest BCUT2D eigenvalue weighted by molar-refractivity contribution is 6.28. The second-order valence-electron chi connectivity index (χ2n) is 3.96. The summed E-state index contributed by atoms with van der Waals surface area (Å²) < 4.78 is 0. The Morgan fingerprint density at radius 2 is 2.00 bits per heavy atom. The average molecular weight is 186 g/mol. The van der Waals surface area contributed by atoms with Gasteiger partial charge < -0.3 is 0 Å². The van der Waals surface area contributed by atoms with Gasteiger partial charge in [0.2, 0.25) is 5.28 Å². The van der Waals surface area contributed by atoms with Gasteiger partial charge in [-0.05, 0) is 23.4 Å². The van der Waals surface area contributed by atoms with Crippen LogP contribution in [-0.4, -0.2) is 15.2 Å². The van der Waals surface area contributed by atoms with Gasteiger partial charge in [-0.15, -0.1) is 5.10 Å². The molecule has 0 atom stereocenters. The van der Waals surface area contributed by atoms with E-state index in [4.69, 9.17) is 11.6 Å². The van der Waals surface area contributed by atoms with Crippen LogP contribution in [0.4, 0.5) is 0 Å². The molecule has 0 aliphatic carbocycles. The molecule has 66 valence electrons. The first kappa shape index (κ1) is 9.39. The van der Waals surface area contributed by atoms with Crippen molar-refractivity contribution in [1.82, 2.24) is 15.2 Å². The Morgan fingerprint density at radius 3 is 2.42 bits per heavy atom. The summed E-state index contributed by atoms with van der Waals surface area (Å²) in [6.07, 6.45) is 2.53. The van der Waals surface area contributed by atoms with Crippen LogP contribution in [0.15, 0.2) is 6.20 Å². The first-order valence-corrected chi connectivity index (χ1v) is 4.19. The summed E-state index contributed by atoms with van der Waals surface area (Å²) in [6, 6.07) is 0. The minimum atomic E-state index is 0.202. The van der Waals surface area contributed by atoms with Crippen LogP contribution < -0.4 is 0 Å². The molecule has 0 aromatic carbocycles. The molecule has 1 aromatic rings. The minimum Gasteiger partial charge on any atom is -0.223 e. The zero-order valence-electron chi connectivity index (χ0n) is 7.50. The topological polar surface area (TPSA) is 38.7 Å². The van der Waals surface area contributed by atoms with Crippen molar-refractivity contribution < 1.29 is 0 Å². The fourth-order valence-corrected chi connectivity index (χ4v) is 0.996. The van der Waals surface area contributed by atoms with E-state index in [9.17, 15) is 0 Å². The van der Waals surface area contributed by atoms with Crippen LogP contribution in [0.2, 0.25) is 5.28 Å². The van der Waals surface area contributed by atoms with E-state index in [0.29, 0.717) is 0 Å². The molecule has 1 rings (SSSR count). The first-order valence-electron chi connectivity index (χ1n) is 3.81. The number of rotatable bonds is 1. The number of nitrogens with zero attached hydrogens (tertiary/aromatic N) is 3. The molecule has 0 bridgehead atoms. The van der Waals surface area contributed by atoms with Crippen molar-refractivity contribution in [2.75, 3.05) is 0 Å². The van der Waals surface area contributed by atoms with E-state index in [1.807, 2.05) is 0 Å². The highest BCUT2D eigenvalue weighted by Gasteiger charge is 2.12. The molecule has 0 saturated carbocycles. The molecule has 4 heteroatoms. The number of hydrogen-bond acceptors (Lipinski definition) is 3. The van der Waals surface area contributed by atoms with Crippen molar-refractivity contribution in [3.05, 3.63) is 17.2 Å². The molecule has 0 spiro atoms. The maximum Gasteiger partial charge on any atom is 0.242 e. The lowest BCUT2D eigenvalue weighted by atomic mass is 9.91. The monoisotopic (exact) mass is 185 g/mol. The van der Waals surface area contributed by atoms with Gasteiger partial charge in [-0.3, -0.25) is 0 Å². The zero-order valence-corrected chi connectivity index (χ0v) is 8.26. The van der Waals surface area contributed by atoms with Gasteiger partial charge in [0.05, 0.1) is 11.9 Å². The summed E-state index contributed by atoms with van der Waals surface area (Å²) in [7, 11) is 0. The summed E-state index contributed by atoms with van der Waals surface area (Å²) in [4.78, 5) is 3.86. The summed E-state index contributed by atoms with van der Waals surface area (Å²) in [6.45, 7) is 6.43. The molecule has 1 aromatic heterocycles. The van der Waals surface area contributed by atoms with Crippen LogP contribution in [0.3, 0.4) is 0 Å². The highest BCUT2D eigenvalue weighted by Crippen LogP contribution is 2.18. The molecule has 0 radical (unpaired) electrons. The SMILES string of the molecule is CC(C)(C)Cc1cnc(Cl)nn1. The quantitative estimate of drug-likeness (QED) is 0.673. The normalized spacial score (nSPS) is 11.7. The molecule has 12 heavy (non-hydrogen) atoms. The van der Waals surface area contributed by atoms with Crippen LogP contribution in [-0.2, 0) is 6.42 Å². The molecule has 1 heterocycles. The number of hydrogen-bond donors (Lipinski definition) is 0. The molecule has 0 N–H and O–H groups in total. The van der Waals surface area contributed by atoms with Gasteiger partial charge in [-0.2, -0.15) is 5.10 Å². The summed E-state index contributed by atoms with van der Waals surface area (Å²) in [5.74, 6) is 0. The third-order valence-electron chi connectivity index (χ3n) is 1.29. The van der Waals surface area contributed by atoms with Crippen molar-refractivity contribution in [2.24, 2.45) is 5.41 Å². The molecular weight excluding hydrogens is 174 g/mol. The van der Waals surface area contributed by atoms with Crippen LogP contribution >= 0.6 is 11.6 Å². The van der Waals surface area contributed by atoms with E-state index < -0.39 is 0 Å². The third kappa shape index (κ3) is 3.13. The van der Waals surface area contributed by atoms with Gasteiger partial charge in [0.15, 0.2) is 0 Å². The van der Waals surface area contributed by atoms with E-state index in [1.54, 1.807) is 6.20 Å². The smallest absolute Gasteiger partial charge is 0.223 e. The fraction of sp³-hybridized carbons (Fsp3) is 0.625. The first-order chi connectivity index (χ1) is 5.47. The zero-order chi connectivity index (χ0) is 9.19. The van der Waals surface area contributed by atoms with Crippen LogP contribution in [0, 0.1) is 5.41 Å². The molecule has 0 amide bonds. The maximum atomic E-state index is 5.50. The Hall–Kier alpha value is -0.700. The van der Waals surface area contributed by atoms with Crippen LogP contribution in [0.25, 0.3) is 0 Å². The average Bonchev–Trinajstić information content (AvgIpc) is 1.91. The predicted molar refractivity (Wildman–Crippen MR) is 48.0 cm³/mol. The van der Waals surface area contributed by atoms with E-state index in [2.05, 4.69) is 36.0 Å². The van der Waals surface area contributed by atoms with Crippen molar-refractivity contribution in [3.8, 4) is 0 Å². The van der Waals surface area contributed by atoms with E-state index >= 15 is 0 Å². The Labute approximate surface area is 77.2 Å². The lowest BCUT2D eigenvalue weighted by Crippen LogP contribution is -2.11. The van der Waals surface area contributed by atoms with E-state index in [-0.39, 0.29) is 10.7 Å². The Bertz CT molecular complexity index is 250. The standard InChI is InChI=1S/C8H12ClN3/c1-8(2,3)4-6-5-10-7(9)12-11-6/h5H,4H2,1-3H3. The lowest BCUT2D eigenvalue weighted by molar-refractivity contribution is 0.403. The Morgan fingerprint density at radius 1 is 1.33 bits per heavy atom. The van der Waals surface area contributed by atoms with Crippen LogP contribution in [0.5, 0.6) is 0 Å². The van der Waals surface area contributed by atoms with Crippen LogP contribution in [0.1, 0.15) is 26.5 Å². The van der Waals surface area contributed by atoms with Crippen molar-refractivity contribution in [2.45, 2.75) is 27.2 Å². The van der Waals surface area contributed by atoms with Crippen molar-refractivity contribution in [3.63, 3.8) is 0 Å². The summed E-state index contributed by atoms with van der Waals surface area (Å²) in [5.41, 5.74) is 1.09. The number of aromatic nitrogens is 3. The maximum absolute atomic E-state index is 5.50. The largest absolute Gasteiger partial charge is 0.242 e. The van der Waals surface area contributed by atoms with Gasteiger partial charge in [-0.25, -0.2) is 4.98 Å². The molecule has 0 aliphatic heterocycles. The molecule has 0 unspecified atom stereocenters. The summed E-state index contributed by atoms with van der Waals surface area (Å²) >= 11 is 5.50. The molecular formula is C8H12ClN3. The Balaban J connectivity index is 2.71. The molecule has 0 fully saturated rings. The second kappa shape index (κ2) is 3.35. The second-order valence-corrected chi connectivity index (χ2v) is 4.29. The molecule has 0 saturated heterocycles. The minimum absolute atomic E-state index is 0.202. The highest BCUT2D eigenvalue weighted by atomic mass is 35.5. The third-order valence-corrected chi connectivity index (χ3v) is 1.47. The van der Waals surface area contributed by atoms with Gasteiger partial charge in [0, 0.05) is 0 Å². The summed E-state index contributed by atoms with van der Waals surface area (Å²) in [5, 5.41) is 7.79. The lowest BCUT2D eigenvalue weighted by Gasteiger charge is -2.16. The van der Waals surface area contributed by atoms with E-state index in [0.717, 1.165) is 12.1 Å². The predicted octanol–water partition coefficient (Wildman–Crippen LogP) is 2.11. The van der Waals surface area contributed by atoms with Gasteiger partial charge in [0.25, 0.3) is 0 Å².